The summed E-state index contributed by atoms with van der Waals surface area (Å²) >= 11 is 0. The van der Waals surface area contributed by atoms with E-state index in [9.17, 15) is 4.79 Å². The second-order valence-corrected chi connectivity index (χ2v) is 5.06. The minimum absolute atomic E-state index is 0.105. The van der Waals surface area contributed by atoms with E-state index in [2.05, 4.69) is 6.07 Å². The van der Waals surface area contributed by atoms with Crippen LogP contribution in [0.2, 0.25) is 0 Å². The largest absolute Gasteiger partial charge is 0.481 e. The zero-order valence-electron chi connectivity index (χ0n) is 11.4. The van der Waals surface area contributed by atoms with Crippen LogP contribution in [0.3, 0.4) is 0 Å². The number of nitrogens with zero attached hydrogens (tertiary/aromatic N) is 1. The molecule has 1 aromatic rings. The molecule has 18 heavy (non-hydrogen) atoms. The number of carbonyl (C=O) groups excluding carboxylic acids is 1. The highest BCUT2D eigenvalue weighted by atomic mass is 16.5. The molecule has 0 bridgehead atoms. The number of rotatable bonds is 3. The van der Waals surface area contributed by atoms with Crippen LogP contribution < -0.4 is 4.74 Å². The van der Waals surface area contributed by atoms with Crippen molar-refractivity contribution in [2.45, 2.75) is 39.7 Å². The molecule has 1 fully saturated rings. The third-order valence-electron chi connectivity index (χ3n) is 3.41. The minimum atomic E-state index is -0.399. The lowest BCUT2D eigenvalue weighted by Gasteiger charge is -2.22. The van der Waals surface area contributed by atoms with Gasteiger partial charge in [-0.05, 0) is 50.8 Å². The first-order valence-electron chi connectivity index (χ1n) is 6.60. The second kappa shape index (κ2) is 5.42. The van der Waals surface area contributed by atoms with Gasteiger partial charge in [0.1, 0.15) is 5.75 Å². The number of ether oxygens (including phenoxy) is 1. The van der Waals surface area contributed by atoms with Crippen molar-refractivity contribution in [2.75, 3.05) is 13.1 Å². The van der Waals surface area contributed by atoms with Crippen molar-refractivity contribution in [1.29, 1.82) is 0 Å². The molecule has 0 aliphatic carbocycles. The van der Waals surface area contributed by atoms with Crippen LogP contribution in [-0.4, -0.2) is 30.0 Å². The average Bonchev–Trinajstić information content (AvgIpc) is 2.86. The highest BCUT2D eigenvalue weighted by molar-refractivity contribution is 5.81. The zero-order valence-corrected chi connectivity index (χ0v) is 11.4. The van der Waals surface area contributed by atoms with Crippen molar-refractivity contribution < 1.29 is 9.53 Å². The van der Waals surface area contributed by atoms with E-state index in [-0.39, 0.29) is 5.91 Å². The standard InChI is InChI=1S/C15H21NO2/c1-11-6-7-12(2)14(10-11)18-13(3)15(17)16-8-4-5-9-16/h6-7,10,13H,4-5,8-9H2,1-3H3/t13-/m1/s1. The SMILES string of the molecule is Cc1ccc(C)c(O[C@H](C)C(=O)N2CCCC2)c1. The van der Waals surface area contributed by atoms with Crippen molar-refractivity contribution >= 4 is 5.91 Å². The molecule has 3 heteroatoms. The summed E-state index contributed by atoms with van der Waals surface area (Å²) in [6.07, 6.45) is 1.83. The Morgan fingerprint density at radius 1 is 1.28 bits per heavy atom. The third kappa shape index (κ3) is 2.84. The van der Waals surface area contributed by atoms with Crippen molar-refractivity contribution in [3.05, 3.63) is 29.3 Å². The smallest absolute Gasteiger partial charge is 0.263 e. The molecule has 1 aliphatic rings. The molecule has 3 nitrogen and oxygen atoms in total. The summed E-state index contributed by atoms with van der Waals surface area (Å²) < 4.78 is 5.81. The highest BCUT2D eigenvalue weighted by Crippen LogP contribution is 2.21. The molecular weight excluding hydrogens is 226 g/mol. The zero-order chi connectivity index (χ0) is 13.1. The van der Waals surface area contributed by atoms with Gasteiger partial charge in [0.2, 0.25) is 0 Å². The molecule has 1 heterocycles. The Hall–Kier alpha value is -1.51. The van der Waals surface area contributed by atoms with Gasteiger partial charge < -0.3 is 9.64 Å². The van der Waals surface area contributed by atoms with Crippen LogP contribution in [0.4, 0.5) is 0 Å². The van der Waals surface area contributed by atoms with E-state index < -0.39 is 6.10 Å². The summed E-state index contributed by atoms with van der Waals surface area (Å²) in [5.41, 5.74) is 2.22. The molecule has 2 rings (SSSR count). The summed E-state index contributed by atoms with van der Waals surface area (Å²) in [5, 5.41) is 0. The maximum absolute atomic E-state index is 12.1. The van der Waals surface area contributed by atoms with E-state index in [0.717, 1.165) is 42.8 Å². The van der Waals surface area contributed by atoms with Gasteiger partial charge in [0.25, 0.3) is 5.91 Å². The van der Waals surface area contributed by atoms with E-state index in [1.165, 1.54) is 0 Å². The van der Waals surface area contributed by atoms with Gasteiger partial charge >= 0.3 is 0 Å². The molecule has 1 aliphatic heterocycles. The molecule has 1 aromatic carbocycles. The topological polar surface area (TPSA) is 29.5 Å². The molecule has 0 N–H and O–H groups in total. The van der Waals surface area contributed by atoms with Gasteiger partial charge in [-0.25, -0.2) is 0 Å². The molecule has 0 saturated carbocycles. The number of hydrogen-bond donors (Lipinski definition) is 0. The Labute approximate surface area is 109 Å². The second-order valence-electron chi connectivity index (χ2n) is 5.06. The maximum atomic E-state index is 12.1. The van der Waals surface area contributed by atoms with Crippen molar-refractivity contribution in [1.82, 2.24) is 4.90 Å². The van der Waals surface area contributed by atoms with Crippen LogP contribution in [0.15, 0.2) is 18.2 Å². The first-order chi connectivity index (χ1) is 8.58. The lowest BCUT2D eigenvalue weighted by molar-refractivity contribution is -0.136. The van der Waals surface area contributed by atoms with Crippen LogP contribution in [0, 0.1) is 13.8 Å². The predicted molar refractivity (Wildman–Crippen MR) is 71.8 cm³/mol. The van der Waals surface area contributed by atoms with E-state index >= 15 is 0 Å². The average molecular weight is 247 g/mol. The van der Waals surface area contributed by atoms with Gasteiger partial charge in [-0.15, -0.1) is 0 Å². The third-order valence-corrected chi connectivity index (χ3v) is 3.41. The number of amides is 1. The first-order valence-corrected chi connectivity index (χ1v) is 6.60. The molecule has 0 spiro atoms. The molecule has 1 atom stereocenters. The summed E-state index contributed by atoms with van der Waals surface area (Å²) in [5.74, 6) is 0.920. The predicted octanol–water partition coefficient (Wildman–Crippen LogP) is 2.69. The van der Waals surface area contributed by atoms with Crippen LogP contribution in [0.1, 0.15) is 30.9 Å². The number of likely N-dealkylation sites (tertiary alicyclic amines) is 1. The Kier molecular flexibility index (Phi) is 3.90. The van der Waals surface area contributed by atoms with Gasteiger partial charge in [-0.3, -0.25) is 4.79 Å². The molecule has 0 aromatic heterocycles. The van der Waals surface area contributed by atoms with E-state index in [4.69, 9.17) is 4.74 Å². The lowest BCUT2D eigenvalue weighted by atomic mass is 10.1. The Morgan fingerprint density at radius 3 is 2.61 bits per heavy atom. The number of hydrogen-bond acceptors (Lipinski definition) is 2. The van der Waals surface area contributed by atoms with Gasteiger partial charge in [-0.2, -0.15) is 0 Å². The number of benzene rings is 1. The van der Waals surface area contributed by atoms with Gasteiger partial charge in [0, 0.05) is 13.1 Å². The number of aryl methyl sites for hydroxylation is 2. The lowest BCUT2D eigenvalue weighted by Crippen LogP contribution is -2.38. The minimum Gasteiger partial charge on any atom is -0.481 e. The van der Waals surface area contributed by atoms with Gasteiger partial charge in [0.05, 0.1) is 0 Å². The van der Waals surface area contributed by atoms with E-state index in [1.54, 1.807) is 0 Å². The van der Waals surface area contributed by atoms with Crippen LogP contribution in [0.25, 0.3) is 0 Å². The van der Waals surface area contributed by atoms with E-state index in [0.29, 0.717) is 0 Å². The number of carbonyl (C=O) groups is 1. The van der Waals surface area contributed by atoms with Crippen molar-refractivity contribution in [3.63, 3.8) is 0 Å². The van der Waals surface area contributed by atoms with E-state index in [1.807, 2.05) is 37.8 Å². The first kappa shape index (κ1) is 12.9. The van der Waals surface area contributed by atoms with Gasteiger partial charge in [0.15, 0.2) is 6.10 Å². The monoisotopic (exact) mass is 247 g/mol. The summed E-state index contributed by atoms with van der Waals surface area (Å²) in [6.45, 7) is 7.61. The van der Waals surface area contributed by atoms with Gasteiger partial charge in [-0.1, -0.05) is 12.1 Å². The van der Waals surface area contributed by atoms with Crippen LogP contribution in [-0.2, 0) is 4.79 Å². The molecule has 0 unspecified atom stereocenters. The highest BCUT2D eigenvalue weighted by Gasteiger charge is 2.24. The summed E-state index contributed by atoms with van der Waals surface area (Å²) in [7, 11) is 0. The molecular formula is C15H21NO2. The van der Waals surface area contributed by atoms with Crippen LogP contribution in [0.5, 0.6) is 5.75 Å². The fourth-order valence-corrected chi connectivity index (χ4v) is 2.27. The molecule has 98 valence electrons. The Morgan fingerprint density at radius 2 is 1.94 bits per heavy atom. The molecule has 1 saturated heterocycles. The van der Waals surface area contributed by atoms with Crippen molar-refractivity contribution in [2.24, 2.45) is 0 Å². The Bertz CT molecular complexity index is 436. The molecule has 0 radical (unpaired) electrons. The normalized spacial score (nSPS) is 16.7. The van der Waals surface area contributed by atoms with Crippen molar-refractivity contribution in [3.8, 4) is 5.75 Å². The van der Waals surface area contributed by atoms with Crippen LogP contribution >= 0.6 is 0 Å². The summed E-state index contributed by atoms with van der Waals surface area (Å²) in [4.78, 5) is 14.0. The molecule has 1 amide bonds. The fourth-order valence-electron chi connectivity index (χ4n) is 2.27. The Balaban J connectivity index is 2.03. The quantitative estimate of drug-likeness (QED) is 0.822. The fraction of sp³-hybridized carbons (Fsp3) is 0.533. The summed E-state index contributed by atoms with van der Waals surface area (Å²) in [6, 6.07) is 6.07. The maximum Gasteiger partial charge on any atom is 0.263 e.